The van der Waals surface area contributed by atoms with Crippen LogP contribution in [0.25, 0.3) is 6.08 Å². The van der Waals surface area contributed by atoms with Gasteiger partial charge in [-0.15, -0.1) is 0 Å². The molecule has 0 aliphatic carbocycles. The van der Waals surface area contributed by atoms with Crippen molar-refractivity contribution in [2.24, 2.45) is 4.99 Å². The lowest BCUT2D eigenvalue weighted by molar-refractivity contribution is 0.316. The molecular weight excluding hydrogens is 336 g/mol. The highest BCUT2D eigenvalue weighted by Gasteiger charge is 2.11. The van der Waals surface area contributed by atoms with Crippen LogP contribution >= 0.6 is 0 Å². The third-order valence-corrected chi connectivity index (χ3v) is 4.18. The lowest BCUT2D eigenvalue weighted by Gasteiger charge is -2.14. The number of rotatable bonds is 9. The van der Waals surface area contributed by atoms with Gasteiger partial charge >= 0.3 is 0 Å². The zero-order valence-electron chi connectivity index (χ0n) is 16.6. The number of hydrogen-bond acceptors (Lipinski definition) is 4. The molecule has 0 saturated heterocycles. The Morgan fingerprint density at radius 1 is 1.22 bits per heavy atom. The molecule has 0 aliphatic rings. The first-order chi connectivity index (χ1) is 13.0. The molecule has 0 amide bonds. The number of hydrogen-bond donors (Lipinski definition) is 1. The van der Waals surface area contributed by atoms with Crippen LogP contribution in [-0.2, 0) is 0 Å². The molecule has 4 heteroatoms. The molecule has 0 aromatic heterocycles. The molecule has 0 aliphatic heterocycles. The number of nitrogens with zero attached hydrogens (tertiary/aromatic N) is 1. The molecular formula is C23H28N2O2. The SMILES string of the molecule is C=CNc1cc(N=C(C)c2cc(OC)ccc2OCCC)c(C=C)cc1C. The van der Waals surface area contributed by atoms with Crippen LogP contribution in [0.2, 0.25) is 0 Å². The van der Waals surface area contributed by atoms with Crippen LogP contribution in [0.1, 0.15) is 37.0 Å². The Kier molecular flexibility index (Phi) is 7.24. The number of anilines is 1. The summed E-state index contributed by atoms with van der Waals surface area (Å²) in [6, 6.07) is 9.84. The van der Waals surface area contributed by atoms with Crippen molar-refractivity contribution in [3.05, 3.63) is 66.4 Å². The lowest BCUT2D eigenvalue weighted by Crippen LogP contribution is -2.03. The minimum Gasteiger partial charge on any atom is -0.497 e. The fourth-order valence-corrected chi connectivity index (χ4v) is 2.74. The summed E-state index contributed by atoms with van der Waals surface area (Å²) in [5.74, 6) is 1.57. The first-order valence-corrected chi connectivity index (χ1v) is 9.05. The van der Waals surface area contributed by atoms with E-state index in [-0.39, 0.29) is 0 Å². The highest BCUT2D eigenvalue weighted by atomic mass is 16.5. The zero-order valence-corrected chi connectivity index (χ0v) is 16.6. The summed E-state index contributed by atoms with van der Waals surface area (Å²) in [5.41, 5.74) is 5.64. The predicted molar refractivity (Wildman–Crippen MR) is 116 cm³/mol. The van der Waals surface area contributed by atoms with Gasteiger partial charge in [0.05, 0.1) is 19.4 Å². The van der Waals surface area contributed by atoms with Crippen molar-refractivity contribution in [2.45, 2.75) is 27.2 Å². The number of aliphatic imine (C=N–C) groups is 1. The first-order valence-electron chi connectivity index (χ1n) is 9.05. The van der Waals surface area contributed by atoms with Crippen molar-refractivity contribution >= 4 is 23.2 Å². The predicted octanol–water partition coefficient (Wildman–Crippen LogP) is 6.13. The summed E-state index contributed by atoms with van der Waals surface area (Å²) in [5, 5.41) is 3.15. The van der Waals surface area contributed by atoms with Gasteiger partial charge in [0.1, 0.15) is 11.5 Å². The fraction of sp³-hybridized carbons (Fsp3) is 0.261. The molecule has 2 rings (SSSR count). The smallest absolute Gasteiger partial charge is 0.128 e. The second-order valence-electron chi connectivity index (χ2n) is 6.19. The monoisotopic (exact) mass is 364 g/mol. The molecule has 0 heterocycles. The molecule has 1 N–H and O–H groups in total. The van der Waals surface area contributed by atoms with E-state index in [0.717, 1.165) is 51.7 Å². The van der Waals surface area contributed by atoms with E-state index in [4.69, 9.17) is 14.5 Å². The summed E-state index contributed by atoms with van der Waals surface area (Å²) >= 11 is 0. The van der Waals surface area contributed by atoms with E-state index in [1.54, 1.807) is 13.3 Å². The summed E-state index contributed by atoms with van der Waals surface area (Å²) in [7, 11) is 1.65. The largest absolute Gasteiger partial charge is 0.497 e. The van der Waals surface area contributed by atoms with E-state index < -0.39 is 0 Å². The van der Waals surface area contributed by atoms with Crippen molar-refractivity contribution < 1.29 is 9.47 Å². The van der Waals surface area contributed by atoms with Gasteiger partial charge in [0.25, 0.3) is 0 Å². The zero-order chi connectivity index (χ0) is 19.8. The van der Waals surface area contributed by atoms with Crippen molar-refractivity contribution in [3.63, 3.8) is 0 Å². The molecule has 0 saturated carbocycles. The molecule has 0 bridgehead atoms. The standard InChI is InChI=1S/C23H28N2O2/c1-7-12-27-23-11-10-19(26-6)14-20(23)17(5)25-22-15-21(24-9-3)16(4)13-18(22)8-2/h8-11,13-15,24H,2-3,7,12H2,1,4-6H3. The van der Waals surface area contributed by atoms with E-state index in [2.05, 4.69) is 31.5 Å². The maximum absolute atomic E-state index is 5.90. The average molecular weight is 364 g/mol. The van der Waals surface area contributed by atoms with Gasteiger partial charge in [-0.1, -0.05) is 26.2 Å². The number of methoxy groups -OCH3 is 1. The van der Waals surface area contributed by atoms with Crippen LogP contribution in [-0.4, -0.2) is 19.4 Å². The summed E-state index contributed by atoms with van der Waals surface area (Å²) < 4.78 is 11.3. The minimum atomic E-state index is 0.655. The van der Waals surface area contributed by atoms with Gasteiger partial charge in [0.2, 0.25) is 0 Å². The second kappa shape index (κ2) is 9.62. The second-order valence-corrected chi connectivity index (χ2v) is 6.19. The van der Waals surface area contributed by atoms with E-state index in [9.17, 15) is 0 Å². The molecule has 0 spiro atoms. The van der Waals surface area contributed by atoms with Crippen molar-refractivity contribution in [3.8, 4) is 11.5 Å². The summed E-state index contributed by atoms with van der Waals surface area (Å²) in [6.45, 7) is 14.4. The van der Waals surface area contributed by atoms with Crippen molar-refractivity contribution in [1.82, 2.24) is 0 Å². The maximum atomic E-state index is 5.90. The third-order valence-electron chi connectivity index (χ3n) is 4.18. The van der Waals surface area contributed by atoms with Gasteiger partial charge in [0, 0.05) is 17.0 Å². The van der Waals surface area contributed by atoms with Gasteiger partial charge < -0.3 is 14.8 Å². The minimum absolute atomic E-state index is 0.655. The molecule has 2 aromatic rings. The van der Waals surface area contributed by atoms with Gasteiger partial charge in [-0.2, -0.15) is 0 Å². The average Bonchev–Trinajstić information content (AvgIpc) is 2.68. The fourth-order valence-electron chi connectivity index (χ4n) is 2.74. The van der Waals surface area contributed by atoms with E-state index in [0.29, 0.717) is 6.61 Å². The lowest BCUT2D eigenvalue weighted by atomic mass is 10.1. The summed E-state index contributed by atoms with van der Waals surface area (Å²) in [6.07, 6.45) is 4.42. The highest BCUT2D eigenvalue weighted by molar-refractivity contribution is 6.03. The van der Waals surface area contributed by atoms with Gasteiger partial charge in [-0.3, -0.25) is 4.99 Å². The van der Waals surface area contributed by atoms with Crippen LogP contribution in [0.15, 0.2) is 54.7 Å². The third kappa shape index (κ3) is 5.00. The molecule has 2 aromatic carbocycles. The van der Waals surface area contributed by atoms with Crippen LogP contribution < -0.4 is 14.8 Å². The Hall–Kier alpha value is -3.01. The quantitative estimate of drug-likeness (QED) is 0.544. The van der Waals surface area contributed by atoms with Crippen LogP contribution in [0.4, 0.5) is 11.4 Å². The highest BCUT2D eigenvalue weighted by Crippen LogP contribution is 2.31. The van der Waals surface area contributed by atoms with E-state index in [1.807, 2.05) is 44.2 Å². The molecule has 0 fully saturated rings. The molecule has 4 nitrogen and oxygen atoms in total. The van der Waals surface area contributed by atoms with Crippen LogP contribution in [0, 0.1) is 6.92 Å². The van der Waals surface area contributed by atoms with Gasteiger partial charge in [-0.25, -0.2) is 0 Å². The number of aryl methyl sites for hydroxylation is 1. The molecule has 0 radical (unpaired) electrons. The Morgan fingerprint density at radius 3 is 2.63 bits per heavy atom. The van der Waals surface area contributed by atoms with Crippen molar-refractivity contribution in [2.75, 3.05) is 19.0 Å². The Balaban J connectivity index is 2.54. The van der Waals surface area contributed by atoms with Crippen LogP contribution in [0.5, 0.6) is 11.5 Å². The van der Waals surface area contributed by atoms with Gasteiger partial charge in [0.15, 0.2) is 0 Å². The normalized spacial score (nSPS) is 11.0. The maximum Gasteiger partial charge on any atom is 0.128 e. The van der Waals surface area contributed by atoms with Crippen molar-refractivity contribution in [1.29, 1.82) is 0 Å². The first kappa shape index (κ1) is 20.3. The molecule has 0 atom stereocenters. The van der Waals surface area contributed by atoms with E-state index >= 15 is 0 Å². The van der Waals surface area contributed by atoms with Gasteiger partial charge in [-0.05, 0) is 67.9 Å². The number of benzene rings is 2. The number of nitrogens with one attached hydrogen (secondary N) is 1. The summed E-state index contributed by atoms with van der Waals surface area (Å²) in [4.78, 5) is 4.86. The number of ether oxygens (including phenoxy) is 2. The Bertz CT molecular complexity index is 854. The molecule has 142 valence electrons. The topological polar surface area (TPSA) is 42.9 Å². The Morgan fingerprint density at radius 2 is 2.00 bits per heavy atom. The van der Waals surface area contributed by atoms with Crippen LogP contribution in [0.3, 0.4) is 0 Å². The Labute approximate surface area is 162 Å². The molecule has 0 unspecified atom stereocenters. The van der Waals surface area contributed by atoms with E-state index in [1.165, 1.54) is 0 Å². The molecule has 27 heavy (non-hydrogen) atoms.